The number of carbonyl (C=O) groups excluding carboxylic acids is 2. The van der Waals surface area contributed by atoms with Crippen molar-refractivity contribution in [2.75, 3.05) is 20.1 Å². The van der Waals surface area contributed by atoms with E-state index in [1.54, 1.807) is 11.0 Å². The number of aryl methyl sites for hydroxylation is 3. The molecule has 1 saturated heterocycles. The van der Waals surface area contributed by atoms with Crippen LogP contribution in [0.25, 0.3) is 0 Å². The van der Waals surface area contributed by atoms with Crippen molar-refractivity contribution in [2.24, 2.45) is 0 Å². The number of ether oxygens (including phenoxy) is 1. The van der Waals surface area contributed by atoms with Crippen molar-refractivity contribution in [3.63, 3.8) is 0 Å². The molecule has 1 aliphatic rings. The molecule has 0 aliphatic carbocycles. The molecular formula is C30H41FN2O3. The van der Waals surface area contributed by atoms with Crippen LogP contribution in [-0.2, 0) is 14.9 Å². The number of likely N-dealkylation sites (N-methyl/N-ethyl adjacent to an activating group) is 1. The summed E-state index contributed by atoms with van der Waals surface area (Å²) in [7, 11) is 1.85. The molecule has 2 amide bonds. The van der Waals surface area contributed by atoms with Gasteiger partial charge in [0.1, 0.15) is 11.4 Å². The first kappa shape index (κ1) is 27.7. The van der Waals surface area contributed by atoms with Gasteiger partial charge in [0, 0.05) is 32.1 Å². The minimum Gasteiger partial charge on any atom is -0.444 e. The lowest BCUT2D eigenvalue weighted by Crippen LogP contribution is -2.55. The maximum atomic E-state index is 14.0. The van der Waals surface area contributed by atoms with Gasteiger partial charge in [-0.2, -0.15) is 0 Å². The van der Waals surface area contributed by atoms with E-state index in [1.165, 1.54) is 12.1 Å². The summed E-state index contributed by atoms with van der Waals surface area (Å²) in [5.74, 6) is -0.447. The number of hydrogen-bond acceptors (Lipinski definition) is 3. The van der Waals surface area contributed by atoms with Gasteiger partial charge in [-0.05, 0) is 90.6 Å². The van der Waals surface area contributed by atoms with Crippen molar-refractivity contribution >= 4 is 12.0 Å². The third kappa shape index (κ3) is 6.08. The lowest BCUT2D eigenvalue weighted by molar-refractivity contribution is -0.138. The van der Waals surface area contributed by atoms with Gasteiger partial charge in [-0.25, -0.2) is 9.18 Å². The Bertz CT molecular complexity index is 1120. The molecule has 0 saturated carbocycles. The zero-order chi connectivity index (χ0) is 27.0. The molecule has 0 aromatic heterocycles. The van der Waals surface area contributed by atoms with Crippen molar-refractivity contribution in [1.82, 2.24) is 9.80 Å². The van der Waals surface area contributed by atoms with Crippen molar-refractivity contribution in [3.8, 4) is 0 Å². The van der Waals surface area contributed by atoms with Crippen LogP contribution in [0.5, 0.6) is 0 Å². The molecule has 0 unspecified atom stereocenters. The second kappa shape index (κ2) is 10.2. The number of likely N-dealkylation sites (tertiary alicyclic amines) is 1. The van der Waals surface area contributed by atoms with E-state index < -0.39 is 11.0 Å². The van der Waals surface area contributed by atoms with Crippen LogP contribution in [0.15, 0.2) is 36.4 Å². The molecule has 196 valence electrons. The highest BCUT2D eigenvalue weighted by atomic mass is 19.1. The smallest absolute Gasteiger partial charge is 0.410 e. The number of piperidine rings is 1. The van der Waals surface area contributed by atoms with E-state index in [9.17, 15) is 14.0 Å². The summed E-state index contributed by atoms with van der Waals surface area (Å²) in [6, 6.07) is 10.9. The highest BCUT2D eigenvalue weighted by Gasteiger charge is 2.42. The Balaban J connectivity index is 1.95. The number of hydrogen-bond donors (Lipinski definition) is 0. The topological polar surface area (TPSA) is 49.9 Å². The molecule has 3 rings (SSSR count). The molecule has 2 aromatic rings. The SMILES string of the molecule is Cc1cc(C)cc(C(C)(C)C(=O)N(C)[C@H]2CCN(C(=O)OC(C)(C)C)C[C@@H]2c2ccc(F)cc2C)c1. The van der Waals surface area contributed by atoms with E-state index in [2.05, 4.69) is 18.2 Å². The second-order valence-corrected chi connectivity index (χ2v) is 11.8. The summed E-state index contributed by atoms with van der Waals surface area (Å²) in [6.07, 6.45) is 0.238. The summed E-state index contributed by atoms with van der Waals surface area (Å²) < 4.78 is 19.6. The number of halogens is 1. The van der Waals surface area contributed by atoms with Crippen molar-refractivity contribution in [1.29, 1.82) is 0 Å². The van der Waals surface area contributed by atoms with E-state index in [-0.39, 0.29) is 29.8 Å². The molecule has 2 atom stereocenters. The maximum absolute atomic E-state index is 14.0. The Kier molecular flexibility index (Phi) is 7.87. The third-order valence-corrected chi connectivity index (χ3v) is 7.16. The van der Waals surface area contributed by atoms with Crippen LogP contribution >= 0.6 is 0 Å². The van der Waals surface area contributed by atoms with Gasteiger partial charge in [-0.15, -0.1) is 0 Å². The Hall–Kier alpha value is -2.89. The third-order valence-electron chi connectivity index (χ3n) is 7.16. The van der Waals surface area contributed by atoms with Crippen LogP contribution in [0, 0.1) is 26.6 Å². The lowest BCUT2D eigenvalue weighted by Gasteiger charge is -2.45. The van der Waals surface area contributed by atoms with Gasteiger partial charge in [0.25, 0.3) is 0 Å². The van der Waals surface area contributed by atoms with Crippen LogP contribution in [0.1, 0.15) is 74.8 Å². The van der Waals surface area contributed by atoms with Crippen LogP contribution < -0.4 is 0 Å². The fraction of sp³-hybridized carbons (Fsp3) is 0.533. The molecule has 1 fully saturated rings. The monoisotopic (exact) mass is 496 g/mol. The zero-order valence-electron chi connectivity index (χ0n) is 23.2. The number of benzene rings is 2. The predicted octanol–water partition coefficient (Wildman–Crippen LogP) is 6.28. The molecule has 6 heteroatoms. The van der Waals surface area contributed by atoms with Gasteiger partial charge < -0.3 is 14.5 Å². The van der Waals surface area contributed by atoms with E-state index in [4.69, 9.17) is 4.74 Å². The van der Waals surface area contributed by atoms with Crippen molar-refractivity contribution in [2.45, 2.75) is 84.8 Å². The van der Waals surface area contributed by atoms with Gasteiger partial charge in [0.15, 0.2) is 0 Å². The number of amides is 2. The number of nitrogens with zero attached hydrogens (tertiary/aromatic N) is 2. The van der Waals surface area contributed by atoms with Gasteiger partial charge in [-0.1, -0.05) is 35.4 Å². The van der Waals surface area contributed by atoms with Crippen LogP contribution in [0.4, 0.5) is 9.18 Å². The van der Waals surface area contributed by atoms with Crippen molar-refractivity contribution < 1.29 is 18.7 Å². The molecular weight excluding hydrogens is 455 g/mol. The Morgan fingerprint density at radius 1 is 1.00 bits per heavy atom. The van der Waals surface area contributed by atoms with Crippen LogP contribution in [-0.4, -0.2) is 53.6 Å². The quantitative estimate of drug-likeness (QED) is 0.501. The summed E-state index contributed by atoms with van der Waals surface area (Å²) >= 11 is 0. The summed E-state index contributed by atoms with van der Waals surface area (Å²) in [6.45, 7) is 16.3. The standard InChI is InChI=1S/C30H41FN2O3/c1-19-14-20(2)16-22(15-19)30(7,8)27(34)32(9)26-12-13-33(28(35)36-29(4,5)6)18-25(26)24-11-10-23(31)17-21(24)3/h10-11,14-17,25-26H,12-13,18H2,1-9H3/t25-,26+/m1/s1. The Morgan fingerprint density at radius 3 is 2.17 bits per heavy atom. The van der Waals surface area contributed by atoms with E-state index in [1.807, 2.05) is 67.3 Å². The van der Waals surface area contributed by atoms with Crippen LogP contribution in [0.2, 0.25) is 0 Å². The number of carbonyl (C=O) groups is 2. The molecule has 2 aromatic carbocycles. The fourth-order valence-corrected chi connectivity index (χ4v) is 5.31. The van der Waals surface area contributed by atoms with Gasteiger partial charge >= 0.3 is 6.09 Å². The van der Waals surface area contributed by atoms with Gasteiger partial charge in [0.2, 0.25) is 5.91 Å². The Morgan fingerprint density at radius 2 is 1.61 bits per heavy atom. The molecule has 1 heterocycles. The van der Waals surface area contributed by atoms with E-state index in [0.717, 1.165) is 27.8 Å². The molecule has 5 nitrogen and oxygen atoms in total. The molecule has 1 aliphatic heterocycles. The first-order valence-corrected chi connectivity index (χ1v) is 12.7. The number of rotatable bonds is 4. The van der Waals surface area contributed by atoms with E-state index in [0.29, 0.717) is 19.5 Å². The first-order chi connectivity index (χ1) is 16.6. The predicted molar refractivity (Wildman–Crippen MR) is 142 cm³/mol. The van der Waals surface area contributed by atoms with Crippen molar-refractivity contribution in [3.05, 3.63) is 70.0 Å². The normalized spacial score (nSPS) is 18.7. The minimum atomic E-state index is -0.726. The van der Waals surface area contributed by atoms with Gasteiger partial charge in [0.05, 0.1) is 5.41 Å². The van der Waals surface area contributed by atoms with Gasteiger partial charge in [-0.3, -0.25) is 4.79 Å². The summed E-state index contributed by atoms with van der Waals surface area (Å²) in [4.78, 5) is 30.4. The molecule has 0 N–H and O–H groups in total. The average molecular weight is 497 g/mol. The molecule has 0 radical (unpaired) electrons. The average Bonchev–Trinajstić information content (AvgIpc) is 2.76. The lowest BCUT2D eigenvalue weighted by atomic mass is 9.79. The minimum absolute atomic E-state index is 0.0213. The molecule has 0 spiro atoms. The Labute approximate surface area is 215 Å². The molecule has 0 bridgehead atoms. The zero-order valence-corrected chi connectivity index (χ0v) is 23.2. The summed E-state index contributed by atoms with van der Waals surface area (Å²) in [5, 5.41) is 0. The fourth-order valence-electron chi connectivity index (χ4n) is 5.31. The maximum Gasteiger partial charge on any atom is 0.410 e. The second-order valence-electron chi connectivity index (χ2n) is 11.8. The highest BCUT2D eigenvalue weighted by molar-refractivity contribution is 5.87. The summed E-state index contributed by atoms with van der Waals surface area (Å²) in [5.41, 5.74) is 3.66. The largest absolute Gasteiger partial charge is 0.444 e. The molecule has 36 heavy (non-hydrogen) atoms. The van der Waals surface area contributed by atoms with Crippen LogP contribution in [0.3, 0.4) is 0 Å². The van der Waals surface area contributed by atoms with E-state index >= 15 is 0 Å². The highest BCUT2D eigenvalue weighted by Crippen LogP contribution is 2.36. The first-order valence-electron chi connectivity index (χ1n) is 12.7.